The molecule has 2 aromatic carbocycles. The maximum absolute atomic E-state index is 6.40. The van der Waals surface area contributed by atoms with Crippen LogP contribution in [0.5, 0.6) is 11.5 Å². The second-order valence-corrected chi connectivity index (χ2v) is 5.92. The molecule has 3 nitrogen and oxygen atoms in total. The van der Waals surface area contributed by atoms with Crippen LogP contribution in [0.2, 0.25) is 5.02 Å². The van der Waals surface area contributed by atoms with Gasteiger partial charge in [-0.05, 0) is 57.7 Å². The van der Waals surface area contributed by atoms with Crippen molar-refractivity contribution < 1.29 is 9.47 Å². The summed E-state index contributed by atoms with van der Waals surface area (Å²) in [5.41, 5.74) is 9.24. The Morgan fingerprint density at radius 3 is 2.33 bits per heavy atom. The van der Waals surface area contributed by atoms with Gasteiger partial charge in [0.15, 0.2) is 11.5 Å². The van der Waals surface area contributed by atoms with Gasteiger partial charge < -0.3 is 15.2 Å². The van der Waals surface area contributed by atoms with Crippen molar-refractivity contribution in [1.29, 1.82) is 0 Å². The molecule has 0 fully saturated rings. The maximum atomic E-state index is 6.40. The minimum Gasteiger partial charge on any atom is -0.493 e. The highest BCUT2D eigenvalue weighted by atomic mass is 79.9. The third kappa shape index (κ3) is 3.18. The summed E-state index contributed by atoms with van der Waals surface area (Å²) in [4.78, 5) is 0. The van der Waals surface area contributed by atoms with Crippen molar-refractivity contribution in [2.45, 2.75) is 13.0 Å². The monoisotopic (exact) mass is 369 g/mol. The highest BCUT2D eigenvalue weighted by Gasteiger charge is 2.18. The number of hydrogen-bond acceptors (Lipinski definition) is 3. The van der Waals surface area contributed by atoms with Crippen LogP contribution in [0.4, 0.5) is 0 Å². The predicted molar refractivity (Wildman–Crippen MR) is 89.5 cm³/mol. The summed E-state index contributed by atoms with van der Waals surface area (Å²) < 4.78 is 11.5. The van der Waals surface area contributed by atoms with Gasteiger partial charge in [-0.15, -0.1) is 0 Å². The van der Waals surface area contributed by atoms with Gasteiger partial charge in [-0.2, -0.15) is 0 Å². The van der Waals surface area contributed by atoms with Crippen molar-refractivity contribution in [3.05, 3.63) is 56.5 Å². The van der Waals surface area contributed by atoms with Gasteiger partial charge in [0.05, 0.1) is 25.3 Å². The van der Waals surface area contributed by atoms with Crippen LogP contribution in [0.25, 0.3) is 0 Å². The fourth-order valence-electron chi connectivity index (χ4n) is 2.26. The second-order valence-electron chi connectivity index (χ2n) is 4.68. The van der Waals surface area contributed by atoms with Gasteiger partial charge >= 0.3 is 0 Å². The number of hydrogen-bond donors (Lipinski definition) is 1. The topological polar surface area (TPSA) is 44.5 Å². The molecule has 0 radical (unpaired) electrons. The lowest BCUT2D eigenvalue weighted by Crippen LogP contribution is -2.14. The van der Waals surface area contributed by atoms with Gasteiger partial charge in [-0.3, -0.25) is 0 Å². The van der Waals surface area contributed by atoms with Gasteiger partial charge in [0, 0.05) is 4.47 Å². The van der Waals surface area contributed by atoms with E-state index in [4.69, 9.17) is 26.8 Å². The van der Waals surface area contributed by atoms with Crippen LogP contribution in [0.15, 0.2) is 34.8 Å². The Bertz CT molecular complexity index is 661. The van der Waals surface area contributed by atoms with Crippen molar-refractivity contribution in [3.8, 4) is 11.5 Å². The molecule has 0 aliphatic carbocycles. The van der Waals surface area contributed by atoms with E-state index in [2.05, 4.69) is 15.9 Å². The molecule has 0 amide bonds. The van der Waals surface area contributed by atoms with Gasteiger partial charge in [-0.1, -0.05) is 23.7 Å². The Morgan fingerprint density at radius 1 is 1.10 bits per heavy atom. The molecule has 0 saturated carbocycles. The van der Waals surface area contributed by atoms with E-state index in [1.807, 2.05) is 37.3 Å². The summed E-state index contributed by atoms with van der Waals surface area (Å²) in [6.45, 7) is 1.99. The lowest BCUT2D eigenvalue weighted by Gasteiger charge is -2.19. The summed E-state index contributed by atoms with van der Waals surface area (Å²) in [5, 5.41) is 0.624. The molecular weight excluding hydrogens is 354 g/mol. The molecule has 0 saturated heterocycles. The lowest BCUT2D eigenvalue weighted by atomic mass is 9.95. The van der Waals surface area contributed by atoms with Crippen LogP contribution in [-0.4, -0.2) is 14.2 Å². The van der Waals surface area contributed by atoms with E-state index in [1.54, 1.807) is 14.2 Å². The number of halogens is 2. The van der Waals surface area contributed by atoms with E-state index >= 15 is 0 Å². The molecule has 0 bridgehead atoms. The van der Waals surface area contributed by atoms with Gasteiger partial charge in [0.25, 0.3) is 0 Å². The molecule has 5 heteroatoms. The molecule has 2 rings (SSSR count). The average Bonchev–Trinajstić information content (AvgIpc) is 2.49. The summed E-state index contributed by atoms with van der Waals surface area (Å²) in [5.74, 6) is 1.34. The summed E-state index contributed by atoms with van der Waals surface area (Å²) in [6, 6.07) is 9.21. The smallest absolute Gasteiger partial charge is 0.161 e. The van der Waals surface area contributed by atoms with Crippen LogP contribution in [-0.2, 0) is 0 Å². The molecule has 2 N–H and O–H groups in total. The average molecular weight is 371 g/mol. The normalized spacial score (nSPS) is 12.1. The minimum atomic E-state index is -0.338. The lowest BCUT2D eigenvalue weighted by molar-refractivity contribution is 0.354. The van der Waals surface area contributed by atoms with E-state index < -0.39 is 0 Å². The second kappa shape index (κ2) is 6.69. The molecule has 2 aromatic rings. The third-order valence-electron chi connectivity index (χ3n) is 3.42. The van der Waals surface area contributed by atoms with Crippen LogP contribution in [0.1, 0.15) is 22.7 Å². The molecule has 21 heavy (non-hydrogen) atoms. The predicted octanol–water partition coefficient (Wildman–Crippen LogP) is 4.48. The fraction of sp³-hybridized carbons (Fsp3) is 0.250. The Balaban J connectivity index is 2.53. The van der Waals surface area contributed by atoms with Crippen LogP contribution < -0.4 is 15.2 Å². The first-order chi connectivity index (χ1) is 9.99. The molecule has 1 unspecified atom stereocenters. The van der Waals surface area contributed by atoms with Crippen LogP contribution >= 0.6 is 27.5 Å². The number of aryl methyl sites for hydroxylation is 1. The Hall–Kier alpha value is -1.23. The standard InChI is InChI=1S/C16H17BrClNO2/c1-9-7-13(20-2)14(21-3)8-11(9)16(19)10-5-4-6-12(17)15(10)18/h4-8,16H,19H2,1-3H3. The molecule has 0 heterocycles. The summed E-state index contributed by atoms with van der Waals surface area (Å²) >= 11 is 9.76. The molecule has 0 aromatic heterocycles. The molecule has 1 atom stereocenters. The zero-order valence-corrected chi connectivity index (χ0v) is 14.5. The fourth-order valence-corrected chi connectivity index (χ4v) is 2.88. The SMILES string of the molecule is COc1cc(C)c(C(N)c2cccc(Br)c2Cl)cc1OC. The minimum absolute atomic E-state index is 0.338. The first-order valence-corrected chi connectivity index (χ1v) is 7.58. The van der Waals surface area contributed by atoms with Crippen LogP contribution in [0, 0.1) is 6.92 Å². The van der Waals surface area contributed by atoms with Gasteiger partial charge in [0.2, 0.25) is 0 Å². The van der Waals surface area contributed by atoms with Crippen molar-refractivity contribution in [3.63, 3.8) is 0 Å². The molecule has 0 aliphatic rings. The summed E-state index contributed by atoms with van der Waals surface area (Å²) in [7, 11) is 3.22. The number of rotatable bonds is 4. The largest absolute Gasteiger partial charge is 0.493 e. The molecule has 0 aliphatic heterocycles. The van der Waals surface area contributed by atoms with Crippen LogP contribution in [0.3, 0.4) is 0 Å². The molecular formula is C16H17BrClNO2. The number of ether oxygens (including phenoxy) is 2. The van der Waals surface area contributed by atoms with E-state index in [0.717, 1.165) is 21.2 Å². The molecule has 0 spiro atoms. The van der Waals surface area contributed by atoms with Crippen molar-refractivity contribution in [1.82, 2.24) is 0 Å². The van der Waals surface area contributed by atoms with E-state index in [0.29, 0.717) is 16.5 Å². The maximum Gasteiger partial charge on any atom is 0.161 e. The quantitative estimate of drug-likeness (QED) is 0.863. The highest BCUT2D eigenvalue weighted by molar-refractivity contribution is 9.10. The summed E-state index contributed by atoms with van der Waals surface area (Å²) in [6.07, 6.45) is 0. The Morgan fingerprint density at radius 2 is 1.71 bits per heavy atom. The van der Waals surface area contributed by atoms with E-state index in [-0.39, 0.29) is 6.04 Å². The van der Waals surface area contributed by atoms with Crippen molar-refractivity contribution in [2.24, 2.45) is 5.73 Å². The van der Waals surface area contributed by atoms with Gasteiger partial charge in [-0.25, -0.2) is 0 Å². The Labute approximate surface area is 138 Å². The van der Waals surface area contributed by atoms with E-state index in [1.165, 1.54) is 0 Å². The third-order valence-corrected chi connectivity index (χ3v) is 4.73. The first kappa shape index (κ1) is 16.1. The number of nitrogens with two attached hydrogens (primary N) is 1. The highest BCUT2D eigenvalue weighted by Crippen LogP contribution is 2.37. The van der Waals surface area contributed by atoms with E-state index in [9.17, 15) is 0 Å². The van der Waals surface area contributed by atoms with Crippen molar-refractivity contribution in [2.75, 3.05) is 14.2 Å². The zero-order chi connectivity index (χ0) is 15.6. The molecule has 112 valence electrons. The van der Waals surface area contributed by atoms with Crippen molar-refractivity contribution >= 4 is 27.5 Å². The zero-order valence-electron chi connectivity index (χ0n) is 12.1. The number of methoxy groups -OCH3 is 2. The first-order valence-electron chi connectivity index (χ1n) is 6.41. The Kier molecular flexibility index (Phi) is 5.14. The number of benzene rings is 2. The van der Waals surface area contributed by atoms with Gasteiger partial charge in [0.1, 0.15) is 0 Å².